The number of allylic oxidation sites excluding steroid dienone is 1. The molecule has 1 unspecified atom stereocenters. The van der Waals surface area contributed by atoms with E-state index >= 15 is 0 Å². The maximum absolute atomic E-state index is 10.5. The molecular weight excluding hydrogens is 144 g/mol. The fourth-order valence-electron chi connectivity index (χ4n) is 0.956. The summed E-state index contributed by atoms with van der Waals surface area (Å²) in [7, 11) is 1.55. The molecule has 0 aromatic heterocycles. The van der Waals surface area contributed by atoms with Gasteiger partial charge in [0.05, 0.1) is 6.10 Å². The topological polar surface area (TPSA) is 46.5 Å². The first kappa shape index (κ1) is 8.01. The van der Waals surface area contributed by atoms with Crippen molar-refractivity contribution in [2.75, 3.05) is 7.11 Å². The van der Waals surface area contributed by atoms with E-state index in [-0.39, 0.29) is 6.10 Å². The summed E-state index contributed by atoms with van der Waals surface area (Å²) >= 11 is 0. The summed E-state index contributed by atoms with van der Waals surface area (Å²) < 4.78 is 4.94. The van der Waals surface area contributed by atoms with Gasteiger partial charge in [0.25, 0.3) is 0 Å². The third-order valence-corrected chi connectivity index (χ3v) is 1.58. The molecule has 1 aliphatic carbocycles. The van der Waals surface area contributed by atoms with Crippen LogP contribution in [-0.2, 0) is 9.53 Å². The molecule has 0 aromatic rings. The van der Waals surface area contributed by atoms with Gasteiger partial charge in [-0.1, -0.05) is 12.2 Å². The van der Waals surface area contributed by atoms with Crippen molar-refractivity contribution < 1.29 is 14.6 Å². The quantitative estimate of drug-likeness (QED) is 0.603. The van der Waals surface area contributed by atoms with E-state index < -0.39 is 5.97 Å². The number of carbonyl (C=O) groups is 1. The van der Waals surface area contributed by atoms with Crippen LogP contribution in [0.15, 0.2) is 23.8 Å². The zero-order chi connectivity index (χ0) is 8.27. The van der Waals surface area contributed by atoms with Crippen molar-refractivity contribution in [2.45, 2.75) is 12.5 Å². The molecule has 0 saturated carbocycles. The largest absolute Gasteiger partial charge is 0.478 e. The van der Waals surface area contributed by atoms with Crippen molar-refractivity contribution in [3.8, 4) is 0 Å². The van der Waals surface area contributed by atoms with Gasteiger partial charge in [0, 0.05) is 12.7 Å². The summed E-state index contributed by atoms with van der Waals surface area (Å²) in [6.45, 7) is 0. The Morgan fingerprint density at radius 3 is 3.09 bits per heavy atom. The highest BCUT2D eigenvalue weighted by atomic mass is 16.5. The lowest BCUT2D eigenvalue weighted by molar-refractivity contribution is -0.132. The number of carboxylic acid groups (broad SMARTS) is 1. The fraction of sp³-hybridized carbons (Fsp3) is 0.375. The third kappa shape index (κ3) is 1.91. The molecule has 11 heavy (non-hydrogen) atoms. The van der Waals surface area contributed by atoms with Gasteiger partial charge in [-0.25, -0.2) is 4.79 Å². The SMILES string of the molecule is COC1C=CCC(C(=O)O)=C1. The van der Waals surface area contributed by atoms with E-state index in [4.69, 9.17) is 9.84 Å². The second-order valence-electron chi connectivity index (χ2n) is 2.33. The van der Waals surface area contributed by atoms with Crippen LogP contribution in [-0.4, -0.2) is 24.3 Å². The summed E-state index contributed by atoms with van der Waals surface area (Å²) in [6, 6.07) is 0. The number of hydrogen-bond donors (Lipinski definition) is 1. The average Bonchev–Trinajstić information content (AvgIpc) is 2.05. The van der Waals surface area contributed by atoms with Crippen LogP contribution in [0.25, 0.3) is 0 Å². The normalized spacial score (nSPS) is 23.0. The number of aliphatic carboxylic acids is 1. The van der Waals surface area contributed by atoms with Crippen molar-refractivity contribution >= 4 is 5.97 Å². The first-order valence-electron chi connectivity index (χ1n) is 3.37. The standard InChI is InChI=1S/C8H10O3/c1-11-7-4-2-3-6(5-7)8(9)10/h2,4-5,7H,3H2,1H3,(H,9,10). The van der Waals surface area contributed by atoms with Crippen LogP contribution in [0.2, 0.25) is 0 Å². The molecule has 0 bridgehead atoms. The van der Waals surface area contributed by atoms with Crippen LogP contribution < -0.4 is 0 Å². The Hall–Kier alpha value is -1.09. The molecule has 0 spiro atoms. The number of hydrogen-bond acceptors (Lipinski definition) is 2. The number of ether oxygens (including phenoxy) is 1. The van der Waals surface area contributed by atoms with E-state index in [0.717, 1.165) is 0 Å². The van der Waals surface area contributed by atoms with E-state index in [2.05, 4.69) is 0 Å². The van der Waals surface area contributed by atoms with E-state index in [1.165, 1.54) is 0 Å². The third-order valence-electron chi connectivity index (χ3n) is 1.58. The van der Waals surface area contributed by atoms with Gasteiger partial charge in [0.1, 0.15) is 0 Å². The molecule has 1 atom stereocenters. The highest BCUT2D eigenvalue weighted by molar-refractivity contribution is 5.87. The van der Waals surface area contributed by atoms with Gasteiger partial charge in [-0.15, -0.1) is 0 Å². The molecule has 1 aliphatic rings. The van der Waals surface area contributed by atoms with Gasteiger partial charge >= 0.3 is 5.97 Å². The molecule has 0 heterocycles. The lowest BCUT2D eigenvalue weighted by Gasteiger charge is -2.11. The smallest absolute Gasteiger partial charge is 0.331 e. The highest BCUT2D eigenvalue weighted by Gasteiger charge is 2.11. The highest BCUT2D eigenvalue weighted by Crippen LogP contribution is 2.12. The van der Waals surface area contributed by atoms with Gasteiger partial charge in [0.2, 0.25) is 0 Å². The fourth-order valence-corrected chi connectivity index (χ4v) is 0.956. The maximum Gasteiger partial charge on any atom is 0.331 e. The Bertz CT molecular complexity index is 215. The van der Waals surface area contributed by atoms with Crippen LogP contribution in [0.3, 0.4) is 0 Å². The zero-order valence-electron chi connectivity index (χ0n) is 6.28. The first-order valence-corrected chi connectivity index (χ1v) is 3.37. The Kier molecular flexibility index (Phi) is 2.44. The van der Waals surface area contributed by atoms with E-state index in [1.807, 2.05) is 6.08 Å². The van der Waals surface area contributed by atoms with Crippen molar-refractivity contribution in [1.82, 2.24) is 0 Å². The molecule has 0 aliphatic heterocycles. The van der Waals surface area contributed by atoms with Crippen molar-refractivity contribution in [2.24, 2.45) is 0 Å². The number of methoxy groups -OCH3 is 1. The minimum atomic E-state index is -0.864. The molecule has 3 heteroatoms. The molecular formula is C8H10O3. The lowest BCUT2D eigenvalue weighted by atomic mass is 10.0. The molecule has 0 aromatic carbocycles. The molecule has 0 radical (unpaired) electrons. The predicted octanol–water partition coefficient (Wildman–Crippen LogP) is 0.972. The van der Waals surface area contributed by atoms with Gasteiger partial charge in [-0.3, -0.25) is 0 Å². The Labute approximate surface area is 65.0 Å². The minimum absolute atomic E-state index is 0.171. The molecule has 3 nitrogen and oxygen atoms in total. The van der Waals surface area contributed by atoms with Crippen LogP contribution in [0.4, 0.5) is 0 Å². The summed E-state index contributed by atoms with van der Waals surface area (Å²) in [4.78, 5) is 10.5. The molecule has 60 valence electrons. The predicted molar refractivity (Wildman–Crippen MR) is 40.3 cm³/mol. The molecule has 0 fully saturated rings. The Morgan fingerprint density at radius 2 is 2.55 bits per heavy atom. The maximum atomic E-state index is 10.5. The second-order valence-corrected chi connectivity index (χ2v) is 2.33. The minimum Gasteiger partial charge on any atom is -0.478 e. The van der Waals surface area contributed by atoms with Crippen LogP contribution in [0, 0.1) is 0 Å². The van der Waals surface area contributed by atoms with Crippen LogP contribution >= 0.6 is 0 Å². The lowest BCUT2D eigenvalue weighted by Crippen LogP contribution is -2.11. The zero-order valence-corrected chi connectivity index (χ0v) is 6.28. The van der Waals surface area contributed by atoms with Gasteiger partial charge < -0.3 is 9.84 Å². The van der Waals surface area contributed by atoms with Crippen LogP contribution in [0.1, 0.15) is 6.42 Å². The Morgan fingerprint density at radius 1 is 1.82 bits per heavy atom. The first-order chi connectivity index (χ1) is 5.24. The monoisotopic (exact) mass is 154 g/mol. The number of carboxylic acids is 1. The average molecular weight is 154 g/mol. The van der Waals surface area contributed by atoms with Crippen LogP contribution in [0.5, 0.6) is 0 Å². The molecule has 0 amide bonds. The van der Waals surface area contributed by atoms with Crippen molar-refractivity contribution in [1.29, 1.82) is 0 Å². The summed E-state index contributed by atoms with van der Waals surface area (Å²) in [6.07, 6.45) is 5.58. The second kappa shape index (κ2) is 3.34. The van der Waals surface area contributed by atoms with Crippen molar-refractivity contribution in [3.63, 3.8) is 0 Å². The molecule has 1 rings (SSSR count). The summed E-state index contributed by atoms with van der Waals surface area (Å²) in [5, 5.41) is 8.59. The van der Waals surface area contributed by atoms with Crippen molar-refractivity contribution in [3.05, 3.63) is 23.8 Å². The van der Waals surface area contributed by atoms with E-state index in [1.54, 1.807) is 19.3 Å². The molecule has 0 saturated heterocycles. The van der Waals surface area contributed by atoms with Gasteiger partial charge in [-0.05, 0) is 12.5 Å². The number of rotatable bonds is 2. The van der Waals surface area contributed by atoms with Gasteiger partial charge in [-0.2, -0.15) is 0 Å². The Balaban J connectivity index is 2.69. The van der Waals surface area contributed by atoms with Gasteiger partial charge in [0.15, 0.2) is 0 Å². The summed E-state index contributed by atoms with van der Waals surface area (Å²) in [5.41, 5.74) is 0.402. The molecule has 1 N–H and O–H groups in total. The summed E-state index contributed by atoms with van der Waals surface area (Å²) in [5.74, 6) is -0.864. The van der Waals surface area contributed by atoms with E-state index in [0.29, 0.717) is 12.0 Å². The van der Waals surface area contributed by atoms with E-state index in [9.17, 15) is 4.79 Å².